The molecule has 3 fully saturated rings. The SMILES string of the molecule is CCCCC12CCC(CCc3ccc(C#N)cc3)(CC1)CC2. The third kappa shape index (κ3) is 3.22. The molecule has 22 heavy (non-hydrogen) atoms. The van der Waals surface area contributed by atoms with Crippen molar-refractivity contribution in [1.29, 1.82) is 5.26 Å². The third-order valence-corrected chi connectivity index (χ3v) is 6.64. The van der Waals surface area contributed by atoms with Crippen molar-refractivity contribution in [3.05, 3.63) is 35.4 Å². The van der Waals surface area contributed by atoms with Crippen LogP contribution in [0.4, 0.5) is 0 Å². The summed E-state index contributed by atoms with van der Waals surface area (Å²) < 4.78 is 0. The van der Waals surface area contributed by atoms with Crippen LogP contribution in [0.3, 0.4) is 0 Å². The fraction of sp³-hybridized carbons (Fsp3) is 0.667. The number of fused-ring (bicyclic) bond motifs is 3. The van der Waals surface area contributed by atoms with Crippen LogP contribution < -0.4 is 0 Å². The molecule has 0 N–H and O–H groups in total. The zero-order valence-electron chi connectivity index (χ0n) is 14.0. The molecule has 0 atom stereocenters. The second-order valence-electron chi connectivity index (χ2n) is 7.91. The monoisotopic (exact) mass is 295 g/mol. The number of hydrogen-bond donors (Lipinski definition) is 0. The van der Waals surface area contributed by atoms with Crippen LogP contribution in [-0.4, -0.2) is 0 Å². The van der Waals surface area contributed by atoms with Crippen molar-refractivity contribution in [2.45, 2.75) is 77.6 Å². The van der Waals surface area contributed by atoms with Gasteiger partial charge in [-0.3, -0.25) is 0 Å². The van der Waals surface area contributed by atoms with Crippen LogP contribution in [0.2, 0.25) is 0 Å². The Hall–Kier alpha value is -1.29. The van der Waals surface area contributed by atoms with Gasteiger partial charge in [-0.15, -0.1) is 0 Å². The summed E-state index contributed by atoms with van der Waals surface area (Å²) in [7, 11) is 0. The first-order valence-corrected chi connectivity index (χ1v) is 9.18. The van der Waals surface area contributed by atoms with E-state index in [0.29, 0.717) is 5.41 Å². The molecule has 0 aromatic heterocycles. The highest BCUT2D eigenvalue weighted by Crippen LogP contribution is 2.60. The van der Waals surface area contributed by atoms with Gasteiger partial charge in [0, 0.05) is 0 Å². The molecule has 0 aliphatic heterocycles. The maximum absolute atomic E-state index is 8.88. The van der Waals surface area contributed by atoms with Crippen molar-refractivity contribution < 1.29 is 0 Å². The van der Waals surface area contributed by atoms with Gasteiger partial charge in [0.05, 0.1) is 11.6 Å². The Morgan fingerprint density at radius 2 is 1.45 bits per heavy atom. The summed E-state index contributed by atoms with van der Waals surface area (Å²) in [5, 5.41) is 8.88. The fourth-order valence-corrected chi connectivity index (χ4v) is 4.80. The number of unbranched alkanes of at least 4 members (excludes halogenated alkanes) is 1. The molecule has 0 unspecified atom stereocenters. The van der Waals surface area contributed by atoms with Gasteiger partial charge in [-0.25, -0.2) is 0 Å². The van der Waals surface area contributed by atoms with Crippen LogP contribution in [0, 0.1) is 22.2 Å². The van der Waals surface area contributed by atoms with Crippen molar-refractivity contribution in [3.8, 4) is 6.07 Å². The normalized spacial score (nSPS) is 30.2. The minimum Gasteiger partial charge on any atom is -0.192 e. The minimum absolute atomic E-state index is 0.641. The van der Waals surface area contributed by atoms with Crippen LogP contribution in [0.5, 0.6) is 0 Å². The molecule has 1 aromatic carbocycles. The first-order chi connectivity index (χ1) is 10.7. The Labute approximate surface area is 135 Å². The summed E-state index contributed by atoms with van der Waals surface area (Å²) in [6.45, 7) is 2.32. The van der Waals surface area contributed by atoms with Crippen molar-refractivity contribution in [2.75, 3.05) is 0 Å². The van der Waals surface area contributed by atoms with E-state index in [1.54, 1.807) is 0 Å². The highest BCUT2D eigenvalue weighted by molar-refractivity contribution is 5.31. The average molecular weight is 295 g/mol. The van der Waals surface area contributed by atoms with Gasteiger partial charge in [0.25, 0.3) is 0 Å². The lowest BCUT2D eigenvalue weighted by molar-refractivity contribution is -0.0202. The quantitative estimate of drug-likeness (QED) is 0.629. The first-order valence-electron chi connectivity index (χ1n) is 9.18. The zero-order valence-corrected chi connectivity index (χ0v) is 14.0. The van der Waals surface area contributed by atoms with Gasteiger partial charge < -0.3 is 0 Å². The summed E-state index contributed by atoms with van der Waals surface area (Å²) >= 11 is 0. The van der Waals surface area contributed by atoms with Crippen LogP contribution in [0.1, 0.15) is 82.3 Å². The van der Waals surface area contributed by atoms with Gasteiger partial charge in [-0.05, 0) is 86.3 Å². The van der Waals surface area contributed by atoms with E-state index >= 15 is 0 Å². The molecule has 3 aliphatic rings. The Morgan fingerprint density at radius 3 is 1.95 bits per heavy atom. The Balaban J connectivity index is 1.55. The van der Waals surface area contributed by atoms with E-state index in [0.717, 1.165) is 11.0 Å². The molecule has 0 heterocycles. The molecule has 0 radical (unpaired) electrons. The number of hydrogen-bond acceptors (Lipinski definition) is 1. The number of rotatable bonds is 6. The first kappa shape index (κ1) is 15.6. The summed E-state index contributed by atoms with van der Waals surface area (Å²) in [6, 6.07) is 10.4. The second kappa shape index (κ2) is 6.45. The maximum atomic E-state index is 8.88. The molecular weight excluding hydrogens is 266 g/mol. The summed E-state index contributed by atoms with van der Waals surface area (Å²) in [6.07, 6.45) is 15.7. The summed E-state index contributed by atoms with van der Waals surface area (Å²) in [4.78, 5) is 0. The van der Waals surface area contributed by atoms with Gasteiger partial charge in [-0.1, -0.05) is 31.9 Å². The van der Waals surface area contributed by atoms with E-state index in [1.165, 1.54) is 76.2 Å². The molecule has 1 nitrogen and oxygen atoms in total. The largest absolute Gasteiger partial charge is 0.192 e. The van der Waals surface area contributed by atoms with Gasteiger partial charge in [0.1, 0.15) is 0 Å². The van der Waals surface area contributed by atoms with Crippen LogP contribution in [-0.2, 0) is 6.42 Å². The Bertz CT molecular complexity index is 509. The number of nitriles is 1. The number of nitrogens with zero attached hydrogens (tertiary/aromatic N) is 1. The summed E-state index contributed by atoms with van der Waals surface area (Å²) in [5.74, 6) is 0. The topological polar surface area (TPSA) is 23.8 Å². The molecule has 3 aliphatic carbocycles. The van der Waals surface area contributed by atoms with Crippen molar-refractivity contribution >= 4 is 0 Å². The van der Waals surface area contributed by atoms with E-state index in [9.17, 15) is 0 Å². The molecule has 1 heteroatoms. The maximum Gasteiger partial charge on any atom is 0.0991 e. The number of aryl methyl sites for hydroxylation is 1. The van der Waals surface area contributed by atoms with Crippen molar-refractivity contribution in [2.24, 2.45) is 10.8 Å². The highest BCUT2D eigenvalue weighted by Gasteiger charge is 2.47. The molecule has 0 amide bonds. The lowest BCUT2D eigenvalue weighted by Crippen LogP contribution is -2.41. The van der Waals surface area contributed by atoms with Crippen LogP contribution in [0.15, 0.2) is 24.3 Å². The lowest BCUT2D eigenvalue weighted by Gasteiger charge is -2.54. The lowest BCUT2D eigenvalue weighted by atomic mass is 9.51. The van der Waals surface area contributed by atoms with Gasteiger partial charge >= 0.3 is 0 Å². The zero-order chi connectivity index (χ0) is 15.5. The molecule has 1 aromatic rings. The van der Waals surface area contributed by atoms with Crippen molar-refractivity contribution in [3.63, 3.8) is 0 Å². The predicted molar refractivity (Wildman–Crippen MR) is 91.6 cm³/mol. The second-order valence-corrected chi connectivity index (χ2v) is 7.91. The molecule has 2 bridgehead atoms. The standard InChI is InChI=1S/C21H29N/c1-2-3-9-20-11-14-21(15-12-20,16-13-20)10-8-18-4-6-19(17-22)7-5-18/h4-7H,2-3,8-16H2,1H3. The Kier molecular flexibility index (Phi) is 4.57. The van der Waals surface area contributed by atoms with E-state index in [-0.39, 0.29) is 0 Å². The van der Waals surface area contributed by atoms with Gasteiger partial charge in [-0.2, -0.15) is 5.26 Å². The van der Waals surface area contributed by atoms with E-state index < -0.39 is 0 Å². The predicted octanol–water partition coefficient (Wildman–Crippen LogP) is 6.02. The van der Waals surface area contributed by atoms with E-state index in [4.69, 9.17) is 5.26 Å². The average Bonchev–Trinajstić information content (AvgIpc) is 2.60. The van der Waals surface area contributed by atoms with Gasteiger partial charge in [0.2, 0.25) is 0 Å². The van der Waals surface area contributed by atoms with Crippen LogP contribution >= 0.6 is 0 Å². The number of benzene rings is 1. The molecular formula is C21H29N. The molecule has 0 spiro atoms. The minimum atomic E-state index is 0.641. The van der Waals surface area contributed by atoms with E-state index in [2.05, 4.69) is 25.1 Å². The smallest absolute Gasteiger partial charge is 0.0991 e. The van der Waals surface area contributed by atoms with Crippen molar-refractivity contribution in [1.82, 2.24) is 0 Å². The van der Waals surface area contributed by atoms with Gasteiger partial charge in [0.15, 0.2) is 0 Å². The molecule has 118 valence electrons. The molecule has 4 rings (SSSR count). The van der Waals surface area contributed by atoms with E-state index in [1.807, 2.05) is 12.1 Å². The Morgan fingerprint density at radius 1 is 0.909 bits per heavy atom. The highest BCUT2D eigenvalue weighted by atomic mass is 14.5. The summed E-state index contributed by atoms with van der Waals surface area (Å²) in [5.41, 5.74) is 3.55. The third-order valence-electron chi connectivity index (χ3n) is 6.64. The molecule has 3 saturated carbocycles. The fourth-order valence-electron chi connectivity index (χ4n) is 4.80. The molecule has 0 saturated heterocycles. The van der Waals surface area contributed by atoms with Crippen LogP contribution in [0.25, 0.3) is 0 Å².